The number of amides is 1. The van der Waals surface area contributed by atoms with Crippen molar-refractivity contribution >= 4 is 29.0 Å². The third-order valence-corrected chi connectivity index (χ3v) is 6.06. The Morgan fingerprint density at radius 2 is 1.73 bits per heavy atom. The molecule has 0 spiro atoms. The molecule has 0 fully saturated rings. The number of nitrogens with two attached hydrogens (primary N) is 1. The standard InChI is InChI=1S/C27H23ClN4O/c28-20-9-6-18(7-10-20)15-25(33)32-27-24(14-17-4-2-1-3-5-17)30-26-22-12-11-21(29)16-19(22)8-13-23(26)31-27/h1-7,9-12,16H,8,13-15,29H2,(H,31,32,33). The van der Waals surface area contributed by atoms with Crippen LogP contribution < -0.4 is 11.1 Å². The summed E-state index contributed by atoms with van der Waals surface area (Å²) in [7, 11) is 0. The van der Waals surface area contributed by atoms with E-state index in [2.05, 4.69) is 17.4 Å². The fraction of sp³-hybridized carbons (Fsp3) is 0.148. The molecule has 6 heteroatoms. The van der Waals surface area contributed by atoms with Crippen LogP contribution >= 0.6 is 11.6 Å². The van der Waals surface area contributed by atoms with E-state index in [1.807, 2.05) is 48.5 Å². The number of halogens is 1. The van der Waals surface area contributed by atoms with Gasteiger partial charge in [-0.2, -0.15) is 0 Å². The largest absolute Gasteiger partial charge is 0.399 e. The zero-order valence-corrected chi connectivity index (χ0v) is 18.8. The number of hydrogen-bond acceptors (Lipinski definition) is 4. The van der Waals surface area contributed by atoms with Gasteiger partial charge < -0.3 is 11.1 Å². The number of carbonyl (C=O) groups is 1. The molecule has 3 aromatic carbocycles. The molecule has 5 rings (SSSR count). The highest BCUT2D eigenvalue weighted by Gasteiger charge is 2.22. The van der Waals surface area contributed by atoms with Crippen LogP contribution in [0, 0.1) is 0 Å². The van der Waals surface area contributed by atoms with Crippen molar-refractivity contribution in [3.05, 3.63) is 106 Å². The van der Waals surface area contributed by atoms with Crippen LogP contribution in [0.2, 0.25) is 5.02 Å². The number of nitrogens with zero attached hydrogens (tertiary/aromatic N) is 2. The molecule has 1 aliphatic carbocycles. The van der Waals surface area contributed by atoms with E-state index in [-0.39, 0.29) is 12.3 Å². The first-order valence-corrected chi connectivity index (χ1v) is 11.3. The van der Waals surface area contributed by atoms with Crippen molar-refractivity contribution in [2.75, 3.05) is 11.1 Å². The van der Waals surface area contributed by atoms with E-state index in [1.54, 1.807) is 12.1 Å². The van der Waals surface area contributed by atoms with Gasteiger partial charge in [0.15, 0.2) is 5.82 Å². The summed E-state index contributed by atoms with van der Waals surface area (Å²) in [5.41, 5.74) is 13.5. The van der Waals surface area contributed by atoms with Crippen LogP contribution in [0.25, 0.3) is 11.3 Å². The zero-order chi connectivity index (χ0) is 22.8. The predicted octanol–water partition coefficient (Wildman–Crippen LogP) is 5.25. The fourth-order valence-corrected chi connectivity index (χ4v) is 4.30. The van der Waals surface area contributed by atoms with Crippen molar-refractivity contribution in [2.24, 2.45) is 0 Å². The summed E-state index contributed by atoms with van der Waals surface area (Å²) in [6.07, 6.45) is 2.41. The van der Waals surface area contributed by atoms with Crippen molar-refractivity contribution in [3.8, 4) is 11.3 Å². The molecule has 164 valence electrons. The van der Waals surface area contributed by atoms with Crippen LogP contribution in [-0.2, 0) is 30.5 Å². The molecule has 0 saturated heterocycles. The maximum atomic E-state index is 12.8. The SMILES string of the molecule is Nc1ccc2c(c1)CCc1nc(NC(=O)Cc3ccc(Cl)cc3)c(Cc3ccccc3)nc1-2. The number of benzene rings is 3. The summed E-state index contributed by atoms with van der Waals surface area (Å²) in [5.74, 6) is 0.389. The summed E-state index contributed by atoms with van der Waals surface area (Å²) in [5, 5.41) is 3.66. The molecule has 1 aromatic heterocycles. The first kappa shape index (κ1) is 21.2. The molecule has 0 bridgehead atoms. The van der Waals surface area contributed by atoms with E-state index in [9.17, 15) is 4.79 Å². The van der Waals surface area contributed by atoms with Gasteiger partial charge in [-0.15, -0.1) is 0 Å². The molecule has 0 atom stereocenters. The van der Waals surface area contributed by atoms with Gasteiger partial charge in [0.05, 0.1) is 23.5 Å². The average Bonchev–Trinajstić information content (AvgIpc) is 2.81. The summed E-state index contributed by atoms with van der Waals surface area (Å²) >= 11 is 5.96. The first-order chi connectivity index (χ1) is 16.0. The second-order valence-corrected chi connectivity index (χ2v) is 8.68. The summed E-state index contributed by atoms with van der Waals surface area (Å²) < 4.78 is 0. The average molecular weight is 455 g/mol. The molecule has 0 saturated carbocycles. The Labute approximate surface area is 197 Å². The lowest BCUT2D eigenvalue weighted by Crippen LogP contribution is -2.20. The molecule has 33 heavy (non-hydrogen) atoms. The number of rotatable bonds is 5. The molecule has 0 aliphatic heterocycles. The van der Waals surface area contributed by atoms with Gasteiger partial charge in [0.25, 0.3) is 0 Å². The van der Waals surface area contributed by atoms with Crippen LogP contribution in [0.4, 0.5) is 11.5 Å². The van der Waals surface area contributed by atoms with E-state index >= 15 is 0 Å². The van der Waals surface area contributed by atoms with Crippen molar-refractivity contribution in [2.45, 2.75) is 25.7 Å². The van der Waals surface area contributed by atoms with E-state index in [4.69, 9.17) is 27.3 Å². The highest BCUT2D eigenvalue weighted by molar-refractivity contribution is 6.30. The van der Waals surface area contributed by atoms with Gasteiger partial charge >= 0.3 is 0 Å². The highest BCUT2D eigenvalue weighted by Crippen LogP contribution is 2.34. The van der Waals surface area contributed by atoms with Gasteiger partial charge in [-0.3, -0.25) is 4.79 Å². The van der Waals surface area contributed by atoms with Crippen LogP contribution in [0.15, 0.2) is 72.8 Å². The fourth-order valence-electron chi connectivity index (χ4n) is 4.18. The number of aryl methyl sites for hydroxylation is 2. The van der Waals surface area contributed by atoms with Gasteiger partial charge in [0, 0.05) is 22.7 Å². The Hall–Kier alpha value is -3.70. The minimum atomic E-state index is -0.134. The lowest BCUT2D eigenvalue weighted by molar-refractivity contribution is -0.115. The van der Waals surface area contributed by atoms with Gasteiger partial charge in [0.1, 0.15) is 0 Å². The van der Waals surface area contributed by atoms with Gasteiger partial charge in [0.2, 0.25) is 5.91 Å². The van der Waals surface area contributed by atoms with Crippen molar-refractivity contribution in [1.82, 2.24) is 9.97 Å². The Morgan fingerprint density at radius 3 is 2.52 bits per heavy atom. The smallest absolute Gasteiger partial charge is 0.229 e. The van der Waals surface area contributed by atoms with E-state index in [0.29, 0.717) is 17.3 Å². The maximum absolute atomic E-state index is 12.8. The summed E-state index contributed by atoms with van der Waals surface area (Å²) in [6.45, 7) is 0. The molecule has 0 radical (unpaired) electrons. The van der Waals surface area contributed by atoms with E-state index in [0.717, 1.165) is 52.3 Å². The molecular formula is C27H23ClN4O. The molecule has 0 unspecified atom stereocenters. The minimum absolute atomic E-state index is 0.134. The summed E-state index contributed by atoms with van der Waals surface area (Å²) in [4.78, 5) is 22.7. The normalized spacial score (nSPS) is 12.0. The maximum Gasteiger partial charge on any atom is 0.229 e. The van der Waals surface area contributed by atoms with Crippen LogP contribution in [0.1, 0.15) is 28.1 Å². The summed E-state index contributed by atoms with van der Waals surface area (Å²) in [6, 6.07) is 23.3. The molecule has 3 N–H and O–H groups in total. The zero-order valence-electron chi connectivity index (χ0n) is 18.0. The number of anilines is 2. The number of carbonyl (C=O) groups excluding carboxylic acids is 1. The predicted molar refractivity (Wildman–Crippen MR) is 132 cm³/mol. The molecule has 1 heterocycles. The molecule has 1 amide bonds. The first-order valence-electron chi connectivity index (χ1n) is 10.9. The van der Waals surface area contributed by atoms with Crippen LogP contribution in [0.3, 0.4) is 0 Å². The van der Waals surface area contributed by atoms with Crippen molar-refractivity contribution < 1.29 is 4.79 Å². The molecule has 4 aromatic rings. The van der Waals surface area contributed by atoms with E-state index in [1.165, 1.54) is 5.56 Å². The van der Waals surface area contributed by atoms with Gasteiger partial charge in [-0.1, -0.05) is 60.1 Å². The van der Waals surface area contributed by atoms with Crippen LogP contribution in [-0.4, -0.2) is 15.9 Å². The number of fused-ring (bicyclic) bond motifs is 3. The Balaban J connectivity index is 1.50. The second kappa shape index (κ2) is 9.04. The number of nitrogen functional groups attached to an aromatic ring is 1. The Morgan fingerprint density at radius 1 is 0.939 bits per heavy atom. The molecule has 5 nitrogen and oxygen atoms in total. The monoisotopic (exact) mass is 454 g/mol. The molecule has 1 aliphatic rings. The lowest BCUT2D eigenvalue weighted by Gasteiger charge is -2.21. The highest BCUT2D eigenvalue weighted by atomic mass is 35.5. The third-order valence-electron chi connectivity index (χ3n) is 5.81. The van der Waals surface area contributed by atoms with Crippen LogP contribution in [0.5, 0.6) is 0 Å². The topological polar surface area (TPSA) is 80.9 Å². The quantitative estimate of drug-likeness (QED) is 0.403. The number of hydrogen-bond donors (Lipinski definition) is 2. The van der Waals surface area contributed by atoms with Gasteiger partial charge in [-0.25, -0.2) is 9.97 Å². The Kier molecular flexibility index (Phi) is 5.80. The Bertz CT molecular complexity index is 1320. The minimum Gasteiger partial charge on any atom is -0.399 e. The lowest BCUT2D eigenvalue weighted by atomic mass is 9.91. The number of nitrogens with one attached hydrogen (secondary N) is 1. The van der Waals surface area contributed by atoms with Crippen molar-refractivity contribution in [3.63, 3.8) is 0 Å². The second-order valence-electron chi connectivity index (χ2n) is 8.24. The van der Waals surface area contributed by atoms with Crippen molar-refractivity contribution in [1.29, 1.82) is 0 Å². The molecular weight excluding hydrogens is 432 g/mol. The third kappa shape index (κ3) is 4.73. The van der Waals surface area contributed by atoms with E-state index < -0.39 is 0 Å². The number of aromatic nitrogens is 2. The van der Waals surface area contributed by atoms with Gasteiger partial charge in [-0.05, 0) is 53.8 Å².